The van der Waals surface area contributed by atoms with Gasteiger partial charge >= 0.3 is 0 Å². The van der Waals surface area contributed by atoms with Gasteiger partial charge in [0.1, 0.15) is 12.4 Å². The van der Waals surface area contributed by atoms with E-state index in [-0.39, 0.29) is 12.4 Å². The van der Waals surface area contributed by atoms with Crippen LogP contribution in [-0.2, 0) is 4.74 Å². The Hall–Kier alpha value is -0.810. The zero-order chi connectivity index (χ0) is 11.1. The van der Waals surface area contributed by atoms with Crippen LogP contribution < -0.4 is 4.74 Å². The van der Waals surface area contributed by atoms with Crippen LogP contribution in [0.1, 0.15) is 0 Å². The Morgan fingerprint density at radius 2 is 1.93 bits per heavy atom. The summed E-state index contributed by atoms with van der Waals surface area (Å²) >= 11 is 3.95. The minimum Gasteiger partial charge on any atom is -0.488 e. The van der Waals surface area contributed by atoms with Gasteiger partial charge in [-0.15, -0.1) is 0 Å². The second-order valence-electron chi connectivity index (χ2n) is 2.76. The lowest BCUT2D eigenvalue weighted by molar-refractivity contribution is 0.110. The fourth-order valence-electron chi connectivity index (χ4n) is 0.969. The van der Waals surface area contributed by atoms with Crippen molar-refractivity contribution in [2.24, 2.45) is 0 Å². The van der Waals surface area contributed by atoms with Crippen molar-refractivity contribution in [3.05, 3.63) is 29.8 Å². The number of hydrogen-bond acceptors (Lipinski definition) is 3. The van der Waals surface area contributed by atoms with Crippen LogP contribution in [0.25, 0.3) is 0 Å². The highest BCUT2D eigenvalue weighted by Gasteiger charge is 2.03. The van der Waals surface area contributed by atoms with Gasteiger partial charge in [0.05, 0.1) is 13.2 Å². The Bertz CT molecular complexity index is 307. The number of benzene rings is 1. The summed E-state index contributed by atoms with van der Waals surface area (Å²) in [5.74, 6) is -0.661. The molecule has 1 rings (SSSR count). The smallest absolute Gasteiger partial charge is 0.167 e. The summed E-state index contributed by atoms with van der Waals surface area (Å²) in [7, 11) is 0. The van der Waals surface area contributed by atoms with Crippen molar-refractivity contribution in [1.82, 2.24) is 0 Å². The molecule has 84 valence electrons. The van der Waals surface area contributed by atoms with E-state index in [1.54, 1.807) is 0 Å². The molecule has 1 aromatic rings. The first-order valence-corrected chi connectivity index (χ1v) is 5.13. The quantitative estimate of drug-likeness (QED) is 0.601. The van der Waals surface area contributed by atoms with Crippen LogP contribution in [0.15, 0.2) is 18.2 Å². The van der Waals surface area contributed by atoms with Crippen molar-refractivity contribution in [3.63, 3.8) is 0 Å². The third-order valence-corrected chi connectivity index (χ3v) is 1.80. The first-order chi connectivity index (χ1) is 7.24. The SMILES string of the molecule is Fc1ccc(OCCOCCS)c(F)c1. The van der Waals surface area contributed by atoms with Crippen LogP contribution in [0.3, 0.4) is 0 Å². The van der Waals surface area contributed by atoms with Gasteiger partial charge in [-0.1, -0.05) is 0 Å². The molecule has 0 fully saturated rings. The van der Waals surface area contributed by atoms with E-state index in [0.717, 1.165) is 12.1 Å². The van der Waals surface area contributed by atoms with E-state index < -0.39 is 11.6 Å². The molecule has 0 saturated carbocycles. The average Bonchev–Trinajstić information content (AvgIpc) is 2.20. The van der Waals surface area contributed by atoms with Crippen molar-refractivity contribution >= 4 is 12.6 Å². The van der Waals surface area contributed by atoms with Gasteiger partial charge < -0.3 is 9.47 Å². The monoisotopic (exact) mass is 234 g/mol. The molecule has 5 heteroatoms. The van der Waals surface area contributed by atoms with Gasteiger partial charge in [-0.05, 0) is 12.1 Å². The van der Waals surface area contributed by atoms with Crippen LogP contribution in [0.5, 0.6) is 5.75 Å². The summed E-state index contributed by atoms with van der Waals surface area (Å²) in [4.78, 5) is 0. The van der Waals surface area contributed by atoms with Crippen molar-refractivity contribution in [1.29, 1.82) is 0 Å². The standard InChI is InChI=1S/C10H12F2O2S/c11-8-1-2-10(9(12)7-8)14-4-3-13-5-6-15/h1-2,7,15H,3-6H2. The first kappa shape index (κ1) is 12.3. The minimum absolute atomic E-state index is 0.0332. The Kier molecular flexibility index (Phi) is 5.42. The maximum Gasteiger partial charge on any atom is 0.167 e. The Morgan fingerprint density at radius 3 is 2.60 bits per heavy atom. The molecular formula is C10H12F2O2S. The topological polar surface area (TPSA) is 18.5 Å². The van der Waals surface area contributed by atoms with Crippen molar-refractivity contribution < 1.29 is 18.3 Å². The second-order valence-corrected chi connectivity index (χ2v) is 3.21. The first-order valence-electron chi connectivity index (χ1n) is 4.50. The molecule has 0 amide bonds. The highest BCUT2D eigenvalue weighted by atomic mass is 32.1. The van der Waals surface area contributed by atoms with E-state index >= 15 is 0 Å². The Labute approximate surface area is 92.6 Å². The van der Waals surface area contributed by atoms with Gasteiger partial charge in [0.25, 0.3) is 0 Å². The summed E-state index contributed by atoms with van der Waals surface area (Å²) in [5, 5.41) is 0. The van der Waals surface area contributed by atoms with Gasteiger partial charge in [0.15, 0.2) is 11.6 Å². The van der Waals surface area contributed by atoms with Gasteiger partial charge in [0, 0.05) is 11.8 Å². The van der Waals surface area contributed by atoms with E-state index in [1.807, 2.05) is 0 Å². The molecule has 0 N–H and O–H groups in total. The van der Waals surface area contributed by atoms with Gasteiger partial charge in [0.2, 0.25) is 0 Å². The van der Waals surface area contributed by atoms with Crippen LogP contribution in [0.4, 0.5) is 8.78 Å². The molecule has 0 saturated heterocycles. The van der Waals surface area contributed by atoms with E-state index in [2.05, 4.69) is 12.6 Å². The average molecular weight is 234 g/mol. The van der Waals surface area contributed by atoms with Crippen molar-refractivity contribution in [3.8, 4) is 5.75 Å². The van der Waals surface area contributed by atoms with Gasteiger partial charge in [-0.2, -0.15) is 12.6 Å². The van der Waals surface area contributed by atoms with E-state index in [1.165, 1.54) is 6.07 Å². The third-order valence-electron chi connectivity index (χ3n) is 1.61. The molecule has 0 atom stereocenters. The van der Waals surface area contributed by atoms with Crippen LogP contribution in [0, 0.1) is 11.6 Å². The maximum absolute atomic E-state index is 13.0. The molecule has 0 spiro atoms. The Balaban J connectivity index is 2.31. The van der Waals surface area contributed by atoms with Crippen LogP contribution in [0.2, 0.25) is 0 Å². The van der Waals surface area contributed by atoms with E-state index in [4.69, 9.17) is 9.47 Å². The molecule has 0 unspecified atom stereocenters. The predicted octanol–water partition coefficient (Wildman–Crippen LogP) is 2.29. The molecule has 2 nitrogen and oxygen atoms in total. The fourth-order valence-corrected chi connectivity index (χ4v) is 1.10. The highest BCUT2D eigenvalue weighted by Crippen LogP contribution is 2.17. The normalized spacial score (nSPS) is 10.3. The molecule has 0 bridgehead atoms. The molecule has 0 radical (unpaired) electrons. The lowest BCUT2D eigenvalue weighted by Gasteiger charge is -2.07. The lowest BCUT2D eigenvalue weighted by atomic mass is 10.3. The highest BCUT2D eigenvalue weighted by molar-refractivity contribution is 7.80. The molecule has 1 aromatic carbocycles. The molecule has 0 aromatic heterocycles. The maximum atomic E-state index is 13.0. The summed E-state index contributed by atoms with van der Waals surface area (Å²) in [5.41, 5.74) is 0. The number of hydrogen-bond donors (Lipinski definition) is 1. The number of rotatable bonds is 6. The minimum atomic E-state index is -0.704. The van der Waals surface area contributed by atoms with Crippen LogP contribution in [-0.4, -0.2) is 25.6 Å². The lowest BCUT2D eigenvalue weighted by Crippen LogP contribution is -2.08. The summed E-state index contributed by atoms with van der Waals surface area (Å²) in [6.45, 7) is 1.12. The fraction of sp³-hybridized carbons (Fsp3) is 0.400. The summed E-state index contributed by atoms with van der Waals surface area (Å²) in [6.07, 6.45) is 0. The molecule has 0 heterocycles. The number of ether oxygens (including phenoxy) is 2. The molecule has 0 aliphatic rings. The molecular weight excluding hydrogens is 222 g/mol. The van der Waals surface area contributed by atoms with Gasteiger partial charge in [-0.25, -0.2) is 8.78 Å². The zero-order valence-electron chi connectivity index (χ0n) is 8.08. The number of thiol groups is 1. The second kappa shape index (κ2) is 6.63. The number of halogens is 2. The molecule has 0 aliphatic carbocycles. The van der Waals surface area contributed by atoms with Crippen molar-refractivity contribution in [2.45, 2.75) is 0 Å². The van der Waals surface area contributed by atoms with E-state index in [9.17, 15) is 8.78 Å². The van der Waals surface area contributed by atoms with Crippen molar-refractivity contribution in [2.75, 3.05) is 25.6 Å². The Morgan fingerprint density at radius 1 is 1.13 bits per heavy atom. The van der Waals surface area contributed by atoms with Gasteiger partial charge in [-0.3, -0.25) is 0 Å². The third kappa shape index (κ3) is 4.48. The zero-order valence-corrected chi connectivity index (χ0v) is 8.97. The predicted molar refractivity (Wildman–Crippen MR) is 56.5 cm³/mol. The van der Waals surface area contributed by atoms with E-state index in [0.29, 0.717) is 19.0 Å². The largest absolute Gasteiger partial charge is 0.488 e. The summed E-state index contributed by atoms with van der Waals surface area (Å²) < 4.78 is 35.6. The van der Waals surface area contributed by atoms with Crippen LogP contribution >= 0.6 is 12.6 Å². The molecule has 15 heavy (non-hydrogen) atoms. The molecule has 0 aliphatic heterocycles. The summed E-state index contributed by atoms with van der Waals surface area (Å²) in [6, 6.07) is 3.18.